The molecule has 0 fully saturated rings. The van der Waals surface area contributed by atoms with Crippen LogP contribution < -0.4 is 10.1 Å². The molecule has 1 amide bonds. The molecular weight excluding hydrogens is 422 g/mol. The van der Waals surface area contributed by atoms with Crippen molar-refractivity contribution in [2.24, 2.45) is 11.3 Å². The minimum atomic E-state index is -0.360. The maximum absolute atomic E-state index is 12.8. The molecule has 1 N–H and O–H groups in total. The second kappa shape index (κ2) is 9.65. The summed E-state index contributed by atoms with van der Waals surface area (Å²) >= 11 is 1.51. The minimum Gasteiger partial charge on any atom is -0.483 e. The number of carbonyl (C=O) groups excluding carboxylic acids is 2. The van der Waals surface area contributed by atoms with Crippen molar-refractivity contribution in [1.82, 2.24) is 0 Å². The Labute approximate surface area is 195 Å². The zero-order valence-electron chi connectivity index (χ0n) is 20.3. The van der Waals surface area contributed by atoms with E-state index in [4.69, 9.17) is 9.47 Å². The normalized spacial score (nSPS) is 15.8. The van der Waals surface area contributed by atoms with Gasteiger partial charge >= 0.3 is 5.97 Å². The van der Waals surface area contributed by atoms with Gasteiger partial charge in [-0.3, -0.25) is 4.79 Å². The highest BCUT2D eigenvalue weighted by Crippen LogP contribution is 2.44. The van der Waals surface area contributed by atoms with E-state index < -0.39 is 0 Å². The summed E-state index contributed by atoms with van der Waals surface area (Å²) in [5.41, 5.74) is 4.91. The minimum absolute atomic E-state index is 0.111. The van der Waals surface area contributed by atoms with Gasteiger partial charge < -0.3 is 14.8 Å². The average molecular weight is 458 g/mol. The molecule has 1 aromatic heterocycles. The van der Waals surface area contributed by atoms with Gasteiger partial charge in [0, 0.05) is 4.88 Å². The number of ether oxygens (including phenoxy) is 2. The maximum atomic E-state index is 12.8. The lowest BCUT2D eigenvalue weighted by atomic mass is 9.72. The van der Waals surface area contributed by atoms with E-state index in [0.29, 0.717) is 23.1 Å². The first-order valence-corrected chi connectivity index (χ1v) is 12.2. The van der Waals surface area contributed by atoms with Crippen LogP contribution in [0.2, 0.25) is 0 Å². The molecule has 1 aliphatic rings. The molecule has 1 heterocycles. The van der Waals surface area contributed by atoms with Gasteiger partial charge in [-0.15, -0.1) is 11.3 Å². The number of esters is 1. The lowest BCUT2D eigenvalue weighted by Gasteiger charge is -2.33. The van der Waals surface area contributed by atoms with Crippen LogP contribution in [0.4, 0.5) is 5.00 Å². The molecule has 0 radical (unpaired) electrons. The van der Waals surface area contributed by atoms with Crippen molar-refractivity contribution in [3.63, 3.8) is 0 Å². The third-order valence-corrected chi connectivity index (χ3v) is 7.61. The fraction of sp³-hybridized carbons (Fsp3) is 0.538. The maximum Gasteiger partial charge on any atom is 0.341 e. The van der Waals surface area contributed by atoms with Crippen molar-refractivity contribution in [2.45, 2.75) is 67.7 Å². The number of aryl methyl sites for hydroxylation is 2. The van der Waals surface area contributed by atoms with Crippen molar-refractivity contribution >= 4 is 28.2 Å². The number of hydrogen-bond donors (Lipinski definition) is 1. The summed E-state index contributed by atoms with van der Waals surface area (Å²) in [7, 11) is 0. The Balaban J connectivity index is 1.81. The smallest absolute Gasteiger partial charge is 0.341 e. The Bertz CT molecular complexity index is 1020. The number of rotatable bonds is 6. The highest BCUT2D eigenvalue weighted by Gasteiger charge is 2.34. The van der Waals surface area contributed by atoms with Crippen LogP contribution in [0, 0.1) is 32.1 Å². The zero-order chi connectivity index (χ0) is 23.6. The molecule has 0 aliphatic heterocycles. The van der Waals surface area contributed by atoms with Crippen LogP contribution in [-0.2, 0) is 22.4 Å². The van der Waals surface area contributed by atoms with E-state index in [1.54, 1.807) is 6.92 Å². The third kappa shape index (κ3) is 5.17. The average Bonchev–Trinajstić information content (AvgIpc) is 3.07. The second-order valence-electron chi connectivity index (χ2n) is 9.72. The molecule has 0 saturated heterocycles. The largest absolute Gasteiger partial charge is 0.483 e. The fourth-order valence-corrected chi connectivity index (χ4v) is 5.61. The molecule has 1 aliphatic carbocycles. The highest BCUT2D eigenvalue weighted by atomic mass is 32.1. The number of amides is 1. The molecular formula is C26H35NO4S. The van der Waals surface area contributed by atoms with Gasteiger partial charge in [0.2, 0.25) is 0 Å². The molecule has 1 atom stereocenters. The van der Waals surface area contributed by atoms with Gasteiger partial charge in [-0.25, -0.2) is 4.79 Å². The van der Waals surface area contributed by atoms with Crippen LogP contribution in [0.25, 0.3) is 0 Å². The Morgan fingerprint density at radius 2 is 1.84 bits per heavy atom. The van der Waals surface area contributed by atoms with Crippen LogP contribution >= 0.6 is 11.3 Å². The Hall–Kier alpha value is -2.34. The van der Waals surface area contributed by atoms with Gasteiger partial charge in [0.25, 0.3) is 5.91 Å². The van der Waals surface area contributed by atoms with Crippen molar-refractivity contribution in [1.29, 1.82) is 0 Å². The monoisotopic (exact) mass is 457 g/mol. The van der Waals surface area contributed by atoms with Crippen molar-refractivity contribution in [3.05, 3.63) is 44.8 Å². The molecule has 1 aromatic carbocycles. The summed E-state index contributed by atoms with van der Waals surface area (Å²) in [6.45, 7) is 14.8. The van der Waals surface area contributed by atoms with Crippen molar-refractivity contribution < 1.29 is 19.1 Å². The van der Waals surface area contributed by atoms with Crippen LogP contribution in [0.1, 0.15) is 71.6 Å². The molecule has 1 unspecified atom stereocenters. The number of carbonyl (C=O) groups is 2. The first kappa shape index (κ1) is 24.3. The van der Waals surface area contributed by atoms with E-state index in [-0.39, 0.29) is 23.9 Å². The quantitative estimate of drug-likeness (QED) is 0.539. The van der Waals surface area contributed by atoms with Gasteiger partial charge in [-0.05, 0) is 80.5 Å². The van der Waals surface area contributed by atoms with Gasteiger partial charge in [0.05, 0.1) is 12.2 Å². The van der Waals surface area contributed by atoms with Crippen molar-refractivity contribution in [3.8, 4) is 5.75 Å². The highest BCUT2D eigenvalue weighted by molar-refractivity contribution is 7.17. The number of fused-ring (bicyclic) bond motifs is 1. The summed E-state index contributed by atoms with van der Waals surface area (Å²) in [5.74, 6) is 0.648. The number of benzene rings is 1. The van der Waals surface area contributed by atoms with E-state index in [0.717, 1.165) is 47.3 Å². The Kier molecular flexibility index (Phi) is 7.33. The molecule has 0 bridgehead atoms. The van der Waals surface area contributed by atoms with E-state index in [1.165, 1.54) is 16.2 Å². The number of hydrogen-bond acceptors (Lipinski definition) is 5. The van der Waals surface area contributed by atoms with Gasteiger partial charge in [-0.2, -0.15) is 0 Å². The standard InChI is InChI=1S/C26H35NO4S/c1-8-30-25(29)22-19-12-11-18(26(5,6)7)13-20(19)32-24(22)27-21(28)14-31-23-16(3)10-9-15(2)17(23)4/h9-10,18H,8,11-14H2,1-7H3,(H,27,28). The number of thiophene rings is 1. The zero-order valence-corrected chi connectivity index (χ0v) is 21.1. The lowest BCUT2D eigenvalue weighted by molar-refractivity contribution is -0.118. The Morgan fingerprint density at radius 1 is 1.16 bits per heavy atom. The predicted molar refractivity (Wildman–Crippen MR) is 130 cm³/mol. The molecule has 0 spiro atoms. The molecule has 2 aromatic rings. The summed E-state index contributed by atoms with van der Waals surface area (Å²) in [6, 6.07) is 4.04. The fourth-order valence-electron chi connectivity index (χ4n) is 4.28. The Morgan fingerprint density at radius 3 is 2.50 bits per heavy atom. The van der Waals surface area contributed by atoms with Gasteiger partial charge in [0.1, 0.15) is 10.8 Å². The van der Waals surface area contributed by atoms with Crippen LogP contribution in [0.5, 0.6) is 5.75 Å². The summed E-state index contributed by atoms with van der Waals surface area (Å²) in [4.78, 5) is 26.7. The van der Waals surface area contributed by atoms with E-state index >= 15 is 0 Å². The van der Waals surface area contributed by atoms with Crippen molar-refractivity contribution in [2.75, 3.05) is 18.5 Å². The van der Waals surface area contributed by atoms with Gasteiger partial charge in [-0.1, -0.05) is 32.9 Å². The summed E-state index contributed by atoms with van der Waals surface area (Å²) in [6.07, 6.45) is 2.78. The molecule has 3 rings (SSSR count). The van der Waals surface area contributed by atoms with Crippen LogP contribution in [0.15, 0.2) is 12.1 Å². The summed E-state index contributed by atoms with van der Waals surface area (Å²) < 4.78 is 11.2. The summed E-state index contributed by atoms with van der Waals surface area (Å²) in [5, 5.41) is 3.52. The van der Waals surface area contributed by atoms with Gasteiger partial charge in [0.15, 0.2) is 6.61 Å². The third-order valence-electron chi connectivity index (χ3n) is 6.44. The van der Waals surface area contributed by atoms with Crippen LogP contribution in [-0.4, -0.2) is 25.1 Å². The predicted octanol–water partition coefficient (Wildman–Crippen LogP) is 6.02. The molecule has 174 valence electrons. The second-order valence-corrected chi connectivity index (χ2v) is 10.8. The first-order valence-electron chi connectivity index (χ1n) is 11.3. The molecule has 5 nitrogen and oxygen atoms in total. The number of nitrogens with one attached hydrogen (secondary N) is 1. The van der Waals surface area contributed by atoms with E-state index in [2.05, 4.69) is 26.1 Å². The lowest BCUT2D eigenvalue weighted by Crippen LogP contribution is -2.26. The number of anilines is 1. The van der Waals surface area contributed by atoms with E-state index in [9.17, 15) is 9.59 Å². The molecule has 0 saturated carbocycles. The molecule has 32 heavy (non-hydrogen) atoms. The van der Waals surface area contributed by atoms with E-state index in [1.807, 2.05) is 32.9 Å². The molecule has 6 heteroatoms. The SMILES string of the molecule is CCOC(=O)c1c(NC(=O)COc2c(C)ccc(C)c2C)sc2c1CCC(C(C)(C)C)C2. The topological polar surface area (TPSA) is 64.6 Å². The first-order chi connectivity index (χ1) is 15.0. The van der Waals surface area contributed by atoms with Crippen LogP contribution in [0.3, 0.4) is 0 Å².